The standard InChI is InChI=1S/C14H19N/c1-10-3-4-12(9-11(10)2)13(5-6-13)14(15)7-8-14/h3-4,9H,5-8,15H2,1-2H3. The normalized spacial score (nSPS) is 25.0. The molecule has 2 aliphatic rings. The average molecular weight is 201 g/mol. The Morgan fingerprint density at radius 3 is 2.13 bits per heavy atom. The van der Waals surface area contributed by atoms with E-state index in [1.54, 1.807) is 0 Å². The summed E-state index contributed by atoms with van der Waals surface area (Å²) in [5.41, 5.74) is 11.2. The minimum Gasteiger partial charge on any atom is -0.324 e. The molecule has 0 amide bonds. The zero-order chi connectivity index (χ0) is 10.7. The van der Waals surface area contributed by atoms with E-state index in [9.17, 15) is 0 Å². The van der Waals surface area contributed by atoms with Crippen molar-refractivity contribution < 1.29 is 0 Å². The van der Waals surface area contributed by atoms with Gasteiger partial charge in [-0.2, -0.15) is 0 Å². The Morgan fingerprint density at radius 2 is 1.67 bits per heavy atom. The van der Waals surface area contributed by atoms with Gasteiger partial charge in [-0.25, -0.2) is 0 Å². The third kappa shape index (κ3) is 1.19. The van der Waals surface area contributed by atoms with Crippen LogP contribution in [0.2, 0.25) is 0 Å². The Morgan fingerprint density at radius 1 is 1.00 bits per heavy atom. The molecule has 0 radical (unpaired) electrons. The molecule has 1 aromatic carbocycles. The second-order valence-corrected chi connectivity index (χ2v) is 5.54. The van der Waals surface area contributed by atoms with Crippen molar-refractivity contribution >= 4 is 0 Å². The van der Waals surface area contributed by atoms with Crippen LogP contribution in [0.1, 0.15) is 42.4 Å². The van der Waals surface area contributed by atoms with Gasteiger partial charge >= 0.3 is 0 Å². The highest BCUT2D eigenvalue weighted by molar-refractivity contribution is 5.43. The third-order valence-corrected chi connectivity index (χ3v) is 4.55. The quantitative estimate of drug-likeness (QED) is 0.782. The van der Waals surface area contributed by atoms with Crippen LogP contribution in [0.4, 0.5) is 0 Å². The van der Waals surface area contributed by atoms with Crippen molar-refractivity contribution in [3.05, 3.63) is 34.9 Å². The predicted molar refractivity (Wildman–Crippen MR) is 63.0 cm³/mol. The number of aryl methyl sites for hydroxylation is 2. The molecule has 2 saturated carbocycles. The van der Waals surface area contributed by atoms with Crippen LogP contribution in [-0.4, -0.2) is 5.54 Å². The lowest BCUT2D eigenvalue weighted by Crippen LogP contribution is -2.37. The SMILES string of the molecule is Cc1ccc(C2(C3(N)CC3)CC2)cc1C. The molecular weight excluding hydrogens is 182 g/mol. The summed E-state index contributed by atoms with van der Waals surface area (Å²) in [6.07, 6.45) is 5.04. The highest BCUT2D eigenvalue weighted by Crippen LogP contribution is 2.63. The van der Waals surface area contributed by atoms with E-state index in [1.807, 2.05) is 0 Å². The zero-order valence-electron chi connectivity index (χ0n) is 9.64. The fourth-order valence-electron chi connectivity index (χ4n) is 2.85. The van der Waals surface area contributed by atoms with E-state index in [0.717, 1.165) is 0 Å². The first-order chi connectivity index (χ1) is 7.07. The van der Waals surface area contributed by atoms with Crippen molar-refractivity contribution in [2.45, 2.75) is 50.5 Å². The second-order valence-electron chi connectivity index (χ2n) is 5.54. The van der Waals surface area contributed by atoms with Crippen LogP contribution in [0.15, 0.2) is 18.2 Å². The summed E-state index contributed by atoms with van der Waals surface area (Å²) in [5.74, 6) is 0. The summed E-state index contributed by atoms with van der Waals surface area (Å²) < 4.78 is 0. The van der Waals surface area contributed by atoms with Crippen molar-refractivity contribution in [3.63, 3.8) is 0 Å². The molecule has 1 aromatic rings. The summed E-state index contributed by atoms with van der Waals surface area (Å²) in [4.78, 5) is 0. The fourth-order valence-corrected chi connectivity index (χ4v) is 2.85. The van der Waals surface area contributed by atoms with Gasteiger partial charge in [0.05, 0.1) is 0 Å². The van der Waals surface area contributed by atoms with E-state index in [4.69, 9.17) is 5.73 Å². The number of hydrogen-bond donors (Lipinski definition) is 1. The highest BCUT2D eigenvalue weighted by Gasteiger charge is 2.63. The van der Waals surface area contributed by atoms with Gasteiger partial charge in [-0.15, -0.1) is 0 Å². The summed E-state index contributed by atoms with van der Waals surface area (Å²) in [6, 6.07) is 6.90. The summed E-state index contributed by atoms with van der Waals surface area (Å²) in [6.45, 7) is 4.37. The Labute approximate surface area is 91.7 Å². The molecule has 2 N–H and O–H groups in total. The van der Waals surface area contributed by atoms with Gasteiger partial charge in [0.25, 0.3) is 0 Å². The highest BCUT2D eigenvalue weighted by atomic mass is 14.9. The maximum absolute atomic E-state index is 6.41. The van der Waals surface area contributed by atoms with Crippen LogP contribution in [-0.2, 0) is 5.41 Å². The van der Waals surface area contributed by atoms with Gasteiger partial charge in [0, 0.05) is 11.0 Å². The van der Waals surface area contributed by atoms with Crippen LogP contribution >= 0.6 is 0 Å². The van der Waals surface area contributed by atoms with Gasteiger partial charge in [0.1, 0.15) is 0 Å². The van der Waals surface area contributed by atoms with E-state index in [1.165, 1.54) is 42.4 Å². The molecular formula is C14H19N. The van der Waals surface area contributed by atoms with Crippen LogP contribution < -0.4 is 5.73 Å². The molecule has 2 aliphatic carbocycles. The summed E-state index contributed by atoms with van der Waals surface area (Å²) in [7, 11) is 0. The van der Waals surface area contributed by atoms with Gasteiger partial charge in [-0.3, -0.25) is 0 Å². The van der Waals surface area contributed by atoms with Crippen molar-refractivity contribution in [2.24, 2.45) is 5.73 Å². The first-order valence-electron chi connectivity index (χ1n) is 5.94. The topological polar surface area (TPSA) is 26.0 Å². The maximum Gasteiger partial charge on any atom is 0.0253 e. The number of nitrogens with two attached hydrogens (primary N) is 1. The molecule has 80 valence electrons. The van der Waals surface area contributed by atoms with E-state index >= 15 is 0 Å². The molecule has 0 atom stereocenters. The van der Waals surface area contributed by atoms with Crippen LogP contribution in [0, 0.1) is 13.8 Å². The number of hydrogen-bond acceptors (Lipinski definition) is 1. The van der Waals surface area contributed by atoms with E-state index in [-0.39, 0.29) is 5.54 Å². The molecule has 1 nitrogen and oxygen atoms in total. The minimum absolute atomic E-state index is 0.148. The number of rotatable bonds is 2. The molecule has 0 saturated heterocycles. The lowest BCUT2D eigenvalue weighted by molar-refractivity contribution is 0.503. The predicted octanol–water partition coefficient (Wildman–Crippen LogP) is 2.83. The van der Waals surface area contributed by atoms with Gasteiger partial charge in [-0.1, -0.05) is 18.2 Å². The van der Waals surface area contributed by atoms with E-state index in [0.29, 0.717) is 5.41 Å². The number of benzene rings is 1. The largest absolute Gasteiger partial charge is 0.324 e. The molecule has 0 unspecified atom stereocenters. The van der Waals surface area contributed by atoms with Crippen LogP contribution in [0.5, 0.6) is 0 Å². The molecule has 1 heteroatoms. The minimum atomic E-state index is 0.148. The first-order valence-corrected chi connectivity index (χ1v) is 5.94. The second kappa shape index (κ2) is 2.65. The maximum atomic E-state index is 6.41. The van der Waals surface area contributed by atoms with Crippen molar-refractivity contribution in [2.75, 3.05) is 0 Å². The van der Waals surface area contributed by atoms with Crippen molar-refractivity contribution in [1.82, 2.24) is 0 Å². The molecule has 0 heterocycles. The first kappa shape index (κ1) is 9.41. The Hall–Kier alpha value is -0.820. The molecule has 0 aromatic heterocycles. The lowest BCUT2D eigenvalue weighted by Gasteiger charge is -2.24. The Balaban J connectivity index is 2.03. The average Bonchev–Trinajstić information content (AvgIpc) is 3.05. The smallest absolute Gasteiger partial charge is 0.0253 e. The fraction of sp³-hybridized carbons (Fsp3) is 0.571. The molecule has 3 rings (SSSR count). The third-order valence-electron chi connectivity index (χ3n) is 4.55. The molecule has 0 aliphatic heterocycles. The molecule has 0 bridgehead atoms. The lowest BCUT2D eigenvalue weighted by atomic mass is 9.85. The van der Waals surface area contributed by atoms with Gasteiger partial charge in [-0.05, 0) is 56.2 Å². The molecule has 2 fully saturated rings. The molecule has 0 spiro atoms. The van der Waals surface area contributed by atoms with Gasteiger partial charge in [0.15, 0.2) is 0 Å². The van der Waals surface area contributed by atoms with Crippen molar-refractivity contribution in [3.8, 4) is 0 Å². The van der Waals surface area contributed by atoms with Crippen molar-refractivity contribution in [1.29, 1.82) is 0 Å². The van der Waals surface area contributed by atoms with E-state index < -0.39 is 0 Å². The summed E-state index contributed by atoms with van der Waals surface area (Å²) in [5, 5.41) is 0. The monoisotopic (exact) mass is 201 g/mol. The Kier molecular flexibility index (Phi) is 1.66. The Bertz CT molecular complexity index is 411. The van der Waals surface area contributed by atoms with Gasteiger partial charge in [0.2, 0.25) is 0 Å². The van der Waals surface area contributed by atoms with Crippen LogP contribution in [0.3, 0.4) is 0 Å². The molecule has 15 heavy (non-hydrogen) atoms. The van der Waals surface area contributed by atoms with Crippen LogP contribution in [0.25, 0.3) is 0 Å². The zero-order valence-corrected chi connectivity index (χ0v) is 9.64. The van der Waals surface area contributed by atoms with E-state index in [2.05, 4.69) is 32.0 Å². The van der Waals surface area contributed by atoms with Gasteiger partial charge < -0.3 is 5.73 Å². The summed E-state index contributed by atoms with van der Waals surface area (Å²) >= 11 is 0.